The molecule has 1 saturated carbocycles. The molecule has 7 nitrogen and oxygen atoms in total. The number of aryl methyl sites for hydroxylation is 2. The molecule has 0 saturated heterocycles. The van der Waals surface area contributed by atoms with E-state index >= 15 is 0 Å². The van der Waals surface area contributed by atoms with E-state index in [0.717, 1.165) is 29.9 Å². The van der Waals surface area contributed by atoms with E-state index < -0.39 is 11.7 Å². The van der Waals surface area contributed by atoms with Crippen molar-refractivity contribution in [1.82, 2.24) is 24.6 Å². The second kappa shape index (κ2) is 9.32. The molecule has 0 aliphatic heterocycles. The van der Waals surface area contributed by atoms with Gasteiger partial charge in [0.2, 0.25) is 0 Å². The molecular weight excluding hydrogens is 511 g/mol. The Morgan fingerprint density at radius 1 is 1.22 bits per heavy atom. The molecule has 0 atom stereocenters. The zero-order valence-electron chi connectivity index (χ0n) is 19.4. The molecule has 0 spiro atoms. The predicted molar refractivity (Wildman–Crippen MR) is 131 cm³/mol. The number of nitrogens with one attached hydrogen (secondary N) is 1. The normalized spacial score (nSPS) is 13.8. The number of imidazole rings is 1. The zero-order valence-corrected chi connectivity index (χ0v) is 21.1. The van der Waals surface area contributed by atoms with Gasteiger partial charge in [-0.3, -0.25) is 14.0 Å². The average molecular weight is 534 g/mol. The third-order valence-electron chi connectivity index (χ3n) is 5.93. The summed E-state index contributed by atoms with van der Waals surface area (Å²) in [6.07, 6.45) is -1.03. The highest BCUT2D eigenvalue weighted by Crippen LogP contribution is 2.37. The first kappa shape index (κ1) is 24.4. The molecule has 0 unspecified atom stereocenters. The number of aromatic nitrogens is 3. The second-order valence-corrected chi connectivity index (χ2v) is 10.7. The van der Waals surface area contributed by atoms with Crippen LogP contribution >= 0.6 is 22.7 Å². The van der Waals surface area contributed by atoms with Crippen LogP contribution in [0.1, 0.15) is 50.1 Å². The van der Waals surface area contributed by atoms with Crippen LogP contribution in [-0.2, 0) is 6.18 Å². The molecule has 5 rings (SSSR count). The van der Waals surface area contributed by atoms with Crippen LogP contribution in [0.3, 0.4) is 0 Å². The smallest absolute Gasteiger partial charge is 0.349 e. The Morgan fingerprint density at radius 2 is 2.00 bits per heavy atom. The van der Waals surface area contributed by atoms with E-state index in [1.54, 1.807) is 35.4 Å². The molecule has 0 bridgehead atoms. The van der Waals surface area contributed by atoms with Gasteiger partial charge in [0, 0.05) is 30.7 Å². The summed E-state index contributed by atoms with van der Waals surface area (Å²) in [5.41, 5.74) is 0.747. The quantitative estimate of drug-likeness (QED) is 0.355. The van der Waals surface area contributed by atoms with E-state index in [0.29, 0.717) is 26.8 Å². The van der Waals surface area contributed by atoms with Crippen molar-refractivity contribution in [2.24, 2.45) is 0 Å². The first-order valence-corrected chi connectivity index (χ1v) is 13.0. The second-order valence-electron chi connectivity index (χ2n) is 8.58. The first-order valence-electron chi connectivity index (χ1n) is 11.3. The number of nitrogens with zero attached hydrogens (tertiary/aromatic N) is 4. The Balaban J connectivity index is 1.34. The average Bonchev–Trinajstić information content (AvgIpc) is 3.31. The monoisotopic (exact) mass is 533 g/mol. The van der Waals surface area contributed by atoms with E-state index in [-0.39, 0.29) is 36.6 Å². The van der Waals surface area contributed by atoms with Crippen LogP contribution in [0.5, 0.6) is 0 Å². The van der Waals surface area contributed by atoms with Gasteiger partial charge in [-0.25, -0.2) is 9.97 Å². The first-order chi connectivity index (χ1) is 17.1. The molecule has 1 N–H and O–H groups in total. The summed E-state index contributed by atoms with van der Waals surface area (Å²) in [5, 5.41) is 5.31. The maximum Gasteiger partial charge on any atom is 0.416 e. The summed E-state index contributed by atoms with van der Waals surface area (Å²) in [7, 11) is 0. The number of alkyl halides is 3. The number of fused-ring (bicyclic) bond motifs is 1. The lowest BCUT2D eigenvalue weighted by Gasteiger charge is -2.22. The van der Waals surface area contributed by atoms with Crippen molar-refractivity contribution in [3.8, 4) is 10.4 Å². The highest BCUT2D eigenvalue weighted by Gasteiger charge is 2.36. The van der Waals surface area contributed by atoms with Gasteiger partial charge in [-0.15, -0.1) is 22.7 Å². The predicted octanol–water partition coefficient (Wildman–Crippen LogP) is 5.19. The van der Waals surface area contributed by atoms with Gasteiger partial charge in [-0.05, 0) is 44.4 Å². The number of halogens is 3. The molecule has 2 amide bonds. The molecular formula is C24H22F3N5O2S2. The lowest BCUT2D eigenvalue weighted by molar-refractivity contribution is -0.137. The van der Waals surface area contributed by atoms with Crippen LogP contribution in [-0.4, -0.2) is 50.2 Å². The number of thiazole rings is 2. The number of amides is 2. The number of hydrogen-bond donors (Lipinski definition) is 1. The van der Waals surface area contributed by atoms with Gasteiger partial charge in [-0.2, -0.15) is 13.2 Å². The molecule has 188 valence electrons. The Hall–Kier alpha value is -3.25. The molecule has 36 heavy (non-hydrogen) atoms. The fourth-order valence-corrected chi connectivity index (χ4v) is 5.78. The van der Waals surface area contributed by atoms with Crippen LogP contribution in [0, 0.1) is 13.8 Å². The molecule has 3 heterocycles. The van der Waals surface area contributed by atoms with E-state index in [1.807, 2.05) is 5.38 Å². The van der Waals surface area contributed by atoms with Crippen LogP contribution in [0.25, 0.3) is 15.4 Å². The van der Waals surface area contributed by atoms with Crippen molar-refractivity contribution in [2.45, 2.75) is 38.9 Å². The van der Waals surface area contributed by atoms with Crippen molar-refractivity contribution in [1.29, 1.82) is 0 Å². The van der Waals surface area contributed by atoms with Gasteiger partial charge in [0.25, 0.3) is 11.8 Å². The fraction of sp³-hybridized carbons (Fsp3) is 0.333. The highest BCUT2D eigenvalue weighted by molar-refractivity contribution is 7.15. The number of benzene rings is 1. The summed E-state index contributed by atoms with van der Waals surface area (Å²) >= 11 is 2.63. The lowest BCUT2D eigenvalue weighted by atomic mass is 10.1. The minimum absolute atomic E-state index is 0.0195. The van der Waals surface area contributed by atoms with Crippen LogP contribution < -0.4 is 5.32 Å². The number of hydrogen-bond acceptors (Lipinski definition) is 6. The highest BCUT2D eigenvalue weighted by atomic mass is 32.1. The largest absolute Gasteiger partial charge is 0.416 e. The number of carbonyl (C=O) groups is 2. The standard InChI is InChI=1S/C24H22F3N5O2S2/c1-13-19(32-10-11-35-23(32)29-13)21(33)28-8-9-31(17-6-7-17)22(34)18-20(36-14(2)30-18)15-4-3-5-16(12-15)24(25,26)27/h3-5,10-12,17H,6-9H2,1-2H3,(H,28,33). The van der Waals surface area contributed by atoms with Crippen LogP contribution in [0.2, 0.25) is 0 Å². The lowest BCUT2D eigenvalue weighted by Crippen LogP contribution is -2.40. The van der Waals surface area contributed by atoms with Crippen LogP contribution in [0.15, 0.2) is 35.8 Å². The summed E-state index contributed by atoms with van der Waals surface area (Å²) in [6.45, 7) is 3.98. The van der Waals surface area contributed by atoms with E-state index in [4.69, 9.17) is 0 Å². The van der Waals surface area contributed by atoms with Crippen molar-refractivity contribution in [3.63, 3.8) is 0 Å². The minimum Gasteiger partial charge on any atom is -0.349 e. The van der Waals surface area contributed by atoms with Crippen molar-refractivity contribution >= 4 is 39.4 Å². The Kier molecular flexibility index (Phi) is 6.33. The maximum absolute atomic E-state index is 13.5. The minimum atomic E-state index is -4.49. The molecule has 1 fully saturated rings. The van der Waals surface area contributed by atoms with Crippen molar-refractivity contribution in [2.75, 3.05) is 13.1 Å². The summed E-state index contributed by atoms with van der Waals surface area (Å²) < 4.78 is 41.5. The number of carbonyl (C=O) groups excluding carboxylic acids is 2. The Morgan fingerprint density at radius 3 is 2.72 bits per heavy atom. The topological polar surface area (TPSA) is 79.6 Å². The fourth-order valence-electron chi connectivity index (χ4n) is 4.12. The summed E-state index contributed by atoms with van der Waals surface area (Å²) in [6, 6.07) is 4.96. The van der Waals surface area contributed by atoms with Gasteiger partial charge in [-0.1, -0.05) is 12.1 Å². The van der Waals surface area contributed by atoms with Gasteiger partial charge >= 0.3 is 6.18 Å². The van der Waals surface area contributed by atoms with Gasteiger partial charge in [0.1, 0.15) is 11.4 Å². The molecule has 12 heteroatoms. The summed E-state index contributed by atoms with van der Waals surface area (Å²) in [4.78, 5) is 37.9. The molecule has 1 aromatic carbocycles. The van der Waals surface area contributed by atoms with Gasteiger partial charge in [0.05, 0.1) is 21.1 Å². The van der Waals surface area contributed by atoms with Crippen molar-refractivity contribution in [3.05, 3.63) is 63.5 Å². The SMILES string of the molecule is Cc1nc(C(=O)N(CCNC(=O)c2c(C)nc3sccn23)C2CC2)c(-c2cccc(C(F)(F)F)c2)s1. The summed E-state index contributed by atoms with van der Waals surface area (Å²) in [5.74, 6) is -0.625. The van der Waals surface area contributed by atoms with E-state index in [2.05, 4.69) is 15.3 Å². The molecule has 3 aromatic heterocycles. The third kappa shape index (κ3) is 4.74. The zero-order chi connectivity index (χ0) is 25.6. The maximum atomic E-state index is 13.5. The number of rotatable bonds is 7. The third-order valence-corrected chi connectivity index (χ3v) is 7.70. The molecule has 0 radical (unpaired) electrons. The van der Waals surface area contributed by atoms with E-state index in [9.17, 15) is 22.8 Å². The van der Waals surface area contributed by atoms with Crippen LogP contribution in [0.4, 0.5) is 13.2 Å². The van der Waals surface area contributed by atoms with Gasteiger partial charge in [0.15, 0.2) is 4.96 Å². The Bertz CT molecular complexity index is 1450. The molecule has 1 aliphatic carbocycles. The molecule has 4 aromatic rings. The van der Waals surface area contributed by atoms with Crippen molar-refractivity contribution < 1.29 is 22.8 Å². The molecule has 1 aliphatic rings. The van der Waals surface area contributed by atoms with E-state index in [1.165, 1.54) is 28.7 Å². The van der Waals surface area contributed by atoms with Gasteiger partial charge < -0.3 is 10.2 Å². The Labute approximate surface area is 212 Å².